The lowest BCUT2D eigenvalue weighted by atomic mass is 9.49. The number of nitrogens with one attached hydrogen (secondary N) is 2. The van der Waals surface area contributed by atoms with Gasteiger partial charge < -0.3 is 4.74 Å². The number of hydrogen-bond donors (Lipinski definition) is 2. The Hall–Kier alpha value is -2.04. The van der Waals surface area contributed by atoms with Crippen LogP contribution in [0.1, 0.15) is 70.3 Å². The predicted molar refractivity (Wildman–Crippen MR) is 108 cm³/mol. The summed E-state index contributed by atoms with van der Waals surface area (Å²) in [7, 11) is 0. The van der Waals surface area contributed by atoms with E-state index in [1.807, 2.05) is 24.3 Å². The molecule has 0 aromatic heterocycles. The number of hydrazine groups is 1. The van der Waals surface area contributed by atoms with Gasteiger partial charge in [-0.1, -0.05) is 32.0 Å². The summed E-state index contributed by atoms with van der Waals surface area (Å²) in [5.41, 5.74) is 6.13. The second-order valence-electron chi connectivity index (χ2n) is 9.34. The van der Waals surface area contributed by atoms with E-state index >= 15 is 0 Å². The molecule has 4 bridgehead atoms. The van der Waals surface area contributed by atoms with Crippen molar-refractivity contribution in [2.75, 3.05) is 6.61 Å². The fraction of sp³-hybridized carbons (Fsp3) is 0.652. The summed E-state index contributed by atoms with van der Waals surface area (Å²) in [6, 6.07) is 7.83. The first kappa shape index (κ1) is 19.3. The Morgan fingerprint density at radius 3 is 2.29 bits per heavy atom. The highest BCUT2D eigenvalue weighted by atomic mass is 16.5. The SMILES string of the molecule is CCC(C)c1ccccc1OCC(=O)NNC(=O)C12CC3CC(CC(C3)C1)C2. The smallest absolute Gasteiger partial charge is 0.276 e. The highest BCUT2D eigenvalue weighted by Gasteiger charge is 2.54. The van der Waals surface area contributed by atoms with E-state index < -0.39 is 0 Å². The van der Waals surface area contributed by atoms with Crippen molar-refractivity contribution in [2.45, 2.75) is 64.7 Å². The zero-order valence-electron chi connectivity index (χ0n) is 17.0. The largest absolute Gasteiger partial charge is 0.483 e. The zero-order valence-corrected chi connectivity index (χ0v) is 17.0. The summed E-state index contributed by atoms with van der Waals surface area (Å²) < 4.78 is 5.74. The molecule has 28 heavy (non-hydrogen) atoms. The van der Waals surface area contributed by atoms with Crippen LogP contribution in [-0.4, -0.2) is 18.4 Å². The molecule has 0 aliphatic heterocycles. The van der Waals surface area contributed by atoms with Crippen LogP contribution >= 0.6 is 0 Å². The van der Waals surface area contributed by atoms with Gasteiger partial charge >= 0.3 is 0 Å². The van der Waals surface area contributed by atoms with E-state index in [4.69, 9.17) is 4.74 Å². The van der Waals surface area contributed by atoms with Gasteiger partial charge in [0.15, 0.2) is 6.61 Å². The highest BCUT2D eigenvalue weighted by Crippen LogP contribution is 2.60. The van der Waals surface area contributed by atoms with Gasteiger partial charge in [0.25, 0.3) is 5.91 Å². The molecule has 0 radical (unpaired) electrons. The molecular weight excluding hydrogens is 352 g/mol. The molecule has 1 unspecified atom stereocenters. The van der Waals surface area contributed by atoms with Crippen LogP contribution in [0.4, 0.5) is 0 Å². The van der Waals surface area contributed by atoms with Crippen molar-refractivity contribution < 1.29 is 14.3 Å². The molecule has 0 spiro atoms. The van der Waals surface area contributed by atoms with E-state index in [-0.39, 0.29) is 23.8 Å². The van der Waals surface area contributed by atoms with Crippen LogP contribution in [0.5, 0.6) is 5.75 Å². The fourth-order valence-corrected chi connectivity index (χ4v) is 6.07. The van der Waals surface area contributed by atoms with E-state index in [2.05, 4.69) is 24.7 Å². The molecule has 5 rings (SSSR count). The van der Waals surface area contributed by atoms with E-state index in [9.17, 15) is 9.59 Å². The van der Waals surface area contributed by atoms with E-state index in [0.29, 0.717) is 23.7 Å². The number of ether oxygens (including phenoxy) is 1. The van der Waals surface area contributed by atoms with Crippen molar-refractivity contribution in [1.29, 1.82) is 0 Å². The first-order chi connectivity index (χ1) is 13.5. The van der Waals surface area contributed by atoms with E-state index in [0.717, 1.165) is 37.0 Å². The minimum absolute atomic E-state index is 0.0000413. The Labute approximate surface area is 167 Å². The third-order valence-corrected chi connectivity index (χ3v) is 7.26. The molecule has 0 saturated heterocycles. The van der Waals surface area contributed by atoms with Gasteiger partial charge in [0.05, 0.1) is 5.41 Å². The maximum absolute atomic E-state index is 12.9. The summed E-state index contributed by atoms with van der Waals surface area (Å²) >= 11 is 0. The predicted octanol–water partition coefficient (Wildman–Crippen LogP) is 3.94. The summed E-state index contributed by atoms with van der Waals surface area (Å²) in [5.74, 6) is 2.89. The molecule has 4 aliphatic rings. The monoisotopic (exact) mass is 384 g/mol. The molecule has 5 heteroatoms. The van der Waals surface area contributed by atoms with Gasteiger partial charge in [-0.3, -0.25) is 20.4 Å². The van der Waals surface area contributed by atoms with Crippen molar-refractivity contribution in [1.82, 2.24) is 10.9 Å². The van der Waals surface area contributed by atoms with Gasteiger partial charge in [-0.15, -0.1) is 0 Å². The molecule has 2 amide bonds. The number of amides is 2. The Morgan fingerprint density at radius 2 is 1.68 bits per heavy atom. The van der Waals surface area contributed by atoms with Crippen LogP contribution in [0.25, 0.3) is 0 Å². The van der Waals surface area contributed by atoms with Gasteiger partial charge in [-0.05, 0) is 80.2 Å². The average molecular weight is 385 g/mol. The lowest BCUT2D eigenvalue weighted by Gasteiger charge is -2.55. The van der Waals surface area contributed by atoms with E-state index in [1.165, 1.54) is 19.3 Å². The molecule has 1 aromatic rings. The molecule has 2 N–H and O–H groups in total. The van der Waals surface area contributed by atoms with Crippen LogP contribution in [0.3, 0.4) is 0 Å². The van der Waals surface area contributed by atoms with Crippen molar-refractivity contribution in [3.8, 4) is 5.75 Å². The number of carbonyl (C=O) groups excluding carboxylic acids is 2. The second-order valence-corrected chi connectivity index (χ2v) is 9.34. The first-order valence-electron chi connectivity index (χ1n) is 10.8. The van der Waals surface area contributed by atoms with Crippen LogP contribution < -0.4 is 15.6 Å². The topological polar surface area (TPSA) is 67.4 Å². The Morgan fingerprint density at radius 1 is 1.07 bits per heavy atom. The van der Waals surface area contributed by atoms with Crippen LogP contribution in [0.15, 0.2) is 24.3 Å². The standard InChI is InChI=1S/C23H32N2O3/c1-3-15(2)19-6-4-5-7-20(19)28-14-21(26)24-25-22(27)23-11-16-8-17(12-23)10-18(9-16)13-23/h4-7,15-18H,3,8-14H2,1-2H3,(H,24,26)(H,25,27). The number of carbonyl (C=O) groups is 2. The average Bonchev–Trinajstić information content (AvgIpc) is 2.69. The normalized spacial score (nSPS) is 31.3. The van der Waals surface area contributed by atoms with Crippen LogP contribution in [-0.2, 0) is 9.59 Å². The lowest BCUT2D eigenvalue weighted by molar-refractivity contribution is -0.149. The first-order valence-corrected chi connectivity index (χ1v) is 10.8. The van der Waals surface area contributed by atoms with Crippen molar-refractivity contribution >= 4 is 11.8 Å². The number of benzene rings is 1. The van der Waals surface area contributed by atoms with E-state index in [1.54, 1.807) is 0 Å². The second kappa shape index (κ2) is 7.76. The Balaban J connectivity index is 1.29. The maximum Gasteiger partial charge on any atom is 0.276 e. The third kappa shape index (κ3) is 3.76. The van der Waals surface area contributed by atoms with Crippen molar-refractivity contribution in [3.05, 3.63) is 29.8 Å². The van der Waals surface area contributed by atoms with Gasteiger partial charge in [0.2, 0.25) is 5.91 Å². The number of hydrogen-bond acceptors (Lipinski definition) is 3. The number of para-hydroxylation sites is 1. The third-order valence-electron chi connectivity index (χ3n) is 7.26. The quantitative estimate of drug-likeness (QED) is 0.730. The molecular formula is C23H32N2O3. The van der Waals surface area contributed by atoms with Gasteiger partial charge in [-0.25, -0.2) is 0 Å². The molecule has 0 heterocycles. The lowest BCUT2D eigenvalue weighted by Crippen LogP contribution is -2.57. The van der Waals surface area contributed by atoms with Gasteiger partial charge in [-0.2, -0.15) is 0 Å². The molecule has 152 valence electrons. The minimum Gasteiger partial charge on any atom is -0.483 e. The number of rotatable bonds is 6. The molecule has 1 aromatic carbocycles. The Bertz CT molecular complexity index is 710. The minimum atomic E-state index is -0.322. The Kier molecular flexibility index (Phi) is 5.35. The molecule has 1 atom stereocenters. The van der Waals surface area contributed by atoms with Crippen LogP contribution in [0, 0.1) is 23.2 Å². The summed E-state index contributed by atoms with van der Waals surface area (Å²) in [4.78, 5) is 25.1. The molecule has 4 fully saturated rings. The van der Waals surface area contributed by atoms with Crippen molar-refractivity contribution in [2.24, 2.45) is 23.2 Å². The summed E-state index contributed by atoms with van der Waals surface area (Å²) in [6.45, 7) is 4.18. The zero-order chi connectivity index (χ0) is 19.7. The molecule has 4 saturated carbocycles. The van der Waals surface area contributed by atoms with Gasteiger partial charge in [0.1, 0.15) is 5.75 Å². The fourth-order valence-electron chi connectivity index (χ4n) is 6.07. The molecule has 5 nitrogen and oxygen atoms in total. The van der Waals surface area contributed by atoms with Crippen molar-refractivity contribution in [3.63, 3.8) is 0 Å². The highest BCUT2D eigenvalue weighted by molar-refractivity contribution is 5.86. The maximum atomic E-state index is 12.9. The van der Waals surface area contributed by atoms with Gasteiger partial charge in [0, 0.05) is 0 Å². The molecule has 4 aliphatic carbocycles. The summed E-state index contributed by atoms with van der Waals surface area (Å²) in [5, 5.41) is 0. The summed E-state index contributed by atoms with van der Waals surface area (Å²) in [6.07, 6.45) is 7.85. The van der Waals surface area contributed by atoms with Crippen LogP contribution in [0.2, 0.25) is 0 Å².